The highest BCUT2D eigenvalue weighted by Crippen LogP contribution is 2.21. The summed E-state index contributed by atoms with van der Waals surface area (Å²) >= 11 is 0. The third-order valence-corrected chi connectivity index (χ3v) is 3.47. The standard InChI is InChI=1S/C15H15N5/c1-9-5-12-13(6-10(9)2)20(8-19-12)14-7-11(15(16)17)3-4-18-14/h3-8H,1-2H3,(H3,16,17). The molecule has 5 heteroatoms. The van der Waals surface area contributed by atoms with Crippen molar-refractivity contribution in [2.24, 2.45) is 5.73 Å². The number of nitrogens with two attached hydrogens (primary N) is 1. The summed E-state index contributed by atoms with van der Waals surface area (Å²) in [6, 6.07) is 7.68. The normalized spacial score (nSPS) is 10.9. The Labute approximate surface area is 116 Å². The molecular weight excluding hydrogens is 250 g/mol. The number of aromatic nitrogens is 3. The lowest BCUT2D eigenvalue weighted by Gasteiger charge is -2.06. The van der Waals surface area contributed by atoms with Gasteiger partial charge in [-0.05, 0) is 49.2 Å². The SMILES string of the molecule is Cc1cc2ncn(-c3cc(C(=N)N)ccn3)c2cc1C. The van der Waals surface area contributed by atoms with Crippen molar-refractivity contribution in [3.63, 3.8) is 0 Å². The zero-order valence-corrected chi connectivity index (χ0v) is 11.4. The molecule has 0 aliphatic heterocycles. The van der Waals surface area contributed by atoms with Gasteiger partial charge >= 0.3 is 0 Å². The second kappa shape index (κ2) is 4.45. The summed E-state index contributed by atoms with van der Waals surface area (Å²) in [7, 11) is 0. The molecule has 2 aromatic heterocycles. The van der Waals surface area contributed by atoms with Crippen LogP contribution >= 0.6 is 0 Å². The van der Waals surface area contributed by atoms with Crippen LogP contribution < -0.4 is 5.73 Å². The van der Waals surface area contributed by atoms with Gasteiger partial charge in [0.2, 0.25) is 0 Å². The van der Waals surface area contributed by atoms with E-state index in [0.29, 0.717) is 11.4 Å². The van der Waals surface area contributed by atoms with E-state index in [9.17, 15) is 0 Å². The van der Waals surface area contributed by atoms with Gasteiger partial charge in [-0.3, -0.25) is 9.98 Å². The number of pyridine rings is 1. The molecule has 0 saturated carbocycles. The van der Waals surface area contributed by atoms with E-state index in [2.05, 4.69) is 35.9 Å². The van der Waals surface area contributed by atoms with E-state index in [1.807, 2.05) is 4.57 Å². The van der Waals surface area contributed by atoms with Crippen LogP contribution in [-0.4, -0.2) is 20.4 Å². The van der Waals surface area contributed by atoms with Crippen LogP contribution in [0.2, 0.25) is 0 Å². The van der Waals surface area contributed by atoms with Crippen molar-refractivity contribution < 1.29 is 0 Å². The number of nitrogens with one attached hydrogen (secondary N) is 1. The van der Waals surface area contributed by atoms with Crippen LogP contribution in [0.4, 0.5) is 0 Å². The molecule has 0 fully saturated rings. The summed E-state index contributed by atoms with van der Waals surface area (Å²) in [6.07, 6.45) is 3.40. The number of nitrogens with zero attached hydrogens (tertiary/aromatic N) is 3. The van der Waals surface area contributed by atoms with Crippen molar-refractivity contribution in [2.45, 2.75) is 13.8 Å². The minimum atomic E-state index is 0.0325. The van der Waals surface area contributed by atoms with E-state index in [-0.39, 0.29) is 5.84 Å². The Hall–Kier alpha value is -2.69. The minimum Gasteiger partial charge on any atom is -0.384 e. The van der Waals surface area contributed by atoms with Crippen LogP contribution in [0.3, 0.4) is 0 Å². The van der Waals surface area contributed by atoms with E-state index in [4.69, 9.17) is 11.1 Å². The number of amidine groups is 1. The van der Waals surface area contributed by atoms with Gasteiger partial charge in [-0.1, -0.05) is 0 Å². The molecule has 0 aliphatic rings. The predicted molar refractivity (Wildman–Crippen MR) is 79.4 cm³/mol. The first-order valence-electron chi connectivity index (χ1n) is 6.31. The highest BCUT2D eigenvalue weighted by molar-refractivity contribution is 5.95. The van der Waals surface area contributed by atoms with E-state index >= 15 is 0 Å². The Morgan fingerprint density at radius 3 is 2.65 bits per heavy atom. The van der Waals surface area contributed by atoms with Crippen molar-refractivity contribution in [3.8, 4) is 5.82 Å². The lowest BCUT2D eigenvalue weighted by Crippen LogP contribution is -2.12. The number of hydrogen-bond donors (Lipinski definition) is 2. The summed E-state index contributed by atoms with van der Waals surface area (Å²) in [5.41, 5.74) is 10.5. The highest BCUT2D eigenvalue weighted by atomic mass is 15.1. The smallest absolute Gasteiger partial charge is 0.139 e. The van der Waals surface area contributed by atoms with Crippen molar-refractivity contribution in [3.05, 3.63) is 53.5 Å². The third-order valence-electron chi connectivity index (χ3n) is 3.47. The van der Waals surface area contributed by atoms with Crippen molar-refractivity contribution in [1.29, 1.82) is 5.41 Å². The van der Waals surface area contributed by atoms with Gasteiger partial charge in [-0.25, -0.2) is 9.97 Å². The van der Waals surface area contributed by atoms with Crippen LogP contribution in [-0.2, 0) is 0 Å². The number of imidazole rings is 1. The van der Waals surface area contributed by atoms with Crippen molar-refractivity contribution in [2.75, 3.05) is 0 Å². The molecule has 2 heterocycles. The predicted octanol–water partition coefficient (Wildman–Crippen LogP) is 2.32. The first-order chi connectivity index (χ1) is 9.56. The highest BCUT2D eigenvalue weighted by Gasteiger charge is 2.08. The number of benzene rings is 1. The molecule has 0 atom stereocenters. The maximum absolute atomic E-state index is 7.51. The molecule has 1 aromatic carbocycles. The van der Waals surface area contributed by atoms with Crippen LogP contribution in [0.1, 0.15) is 16.7 Å². The summed E-state index contributed by atoms with van der Waals surface area (Å²) < 4.78 is 1.91. The summed E-state index contributed by atoms with van der Waals surface area (Å²) in [4.78, 5) is 8.75. The molecule has 3 rings (SSSR count). The molecule has 0 spiro atoms. The van der Waals surface area contributed by atoms with E-state index in [1.54, 1.807) is 24.7 Å². The lowest BCUT2D eigenvalue weighted by molar-refractivity contribution is 1.02. The molecule has 0 radical (unpaired) electrons. The Balaban J connectivity index is 2.22. The minimum absolute atomic E-state index is 0.0325. The van der Waals surface area contributed by atoms with Gasteiger partial charge in [0.15, 0.2) is 0 Å². The molecule has 20 heavy (non-hydrogen) atoms. The van der Waals surface area contributed by atoms with Crippen molar-refractivity contribution >= 4 is 16.9 Å². The Morgan fingerprint density at radius 1 is 1.15 bits per heavy atom. The van der Waals surface area contributed by atoms with Crippen LogP contribution in [0, 0.1) is 19.3 Å². The average Bonchev–Trinajstić information content (AvgIpc) is 2.82. The molecular formula is C15H15N5. The van der Waals surface area contributed by atoms with Gasteiger partial charge < -0.3 is 5.73 Å². The molecule has 0 saturated heterocycles. The number of rotatable bonds is 2. The van der Waals surface area contributed by atoms with Gasteiger partial charge in [0.1, 0.15) is 18.0 Å². The van der Waals surface area contributed by atoms with Gasteiger partial charge in [-0.2, -0.15) is 0 Å². The van der Waals surface area contributed by atoms with Gasteiger partial charge in [0.05, 0.1) is 11.0 Å². The molecule has 0 bridgehead atoms. The molecule has 0 unspecified atom stereocenters. The first kappa shape index (κ1) is 12.3. The summed E-state index contributed by atoms with van der Waals surface area (Å²) in [5, 5.41) is 7.51. The van der Waals surface area contributed by atoms with Crippen LogP contribution in [0.5, 0.6) is 0 Å². The lowest BCUT2D eigenvalue weighted by atomic mass is 10.1. The number of fused-ring (bicyclic) bond motifs is 1. The van der Waals surface area contributed by atoms with Crippen LogP contribution in [0.25, 0.3) is 16.9 Å². The monoisotopic (exact) mass is 265 g/mol. The van der Waals surface area contributed by atoms with Crippen molar-refractivity contribution in [1.82, 2.24) is 14.5 Å². The molecule has 0 aliphatic carbocycles. The topological polar surface area (TPSA) is 80.6 Å². The molecule has 100 valence electrons. The van der Waals surface area contributed by atoms with Crippen LogP contribution in [0.15, 0.2) is 36.8 Å². The van der Waals surface area contributed by atoms with Gasteiger partial charge in [0.25, 0.3) is 0 Å². The second-order valence-electron chi connectivity index (χ2n) is 4.86. The molecule has 3 N–H and O–H groups in total. The zero-order valence-electron chi connectivity index (χ0n) is 11.4. The zero-order chi connectivity index (χ0) is 14.3. The van der Waals surface area contributed by atoms with Gasteiger partial charge in [-0.15, -0.1) is 0 Å². The quantitative estimate of drug-likeness (QED) is 0.551. The third kappa shape index (κ3) is 1.93. The largest absolute Gasteiger partial charge is 0.384 e. The van der Waals surface area contributed by atoms with E-state index < -0.39 is 0 Å². The Morgan fingerprint density at radius 2 is 1.90 bits per heavy atom. The summed E-state index contributed by atoms with van der Waals surface area (Å²) in [5.74, 6) is 0.744. The fourth-order valence-corrected chi connectivity index (χ4v) is 2.16. The fraction of sp³-hybridized carbons (Fsp3) is 0.133. The number of nitrogen functional groups attached to an aromatic ring is 1. The maximum Gasteiger partial charge on any atom is 0.139 e. The first-order valence-corrected chi connectivity index (χ1v) is 6.31. The van der Waals surface area contributed by atoms with E-state index in [0.717, 1.165) is 11.0 Å². The summed E-state index contributed by atoms with van der Waals surface area (Å²) in [6.45, 7) is 4.15. The average molecular weight is 265 g/mol. The molecule has 3 aromatic rings. The fourth-order valence-electron chi connectivity index (χ4n) is 2.16. The second-order valence-corrected chi connectivity index (χ2v) is 4.86. The molecule has 5 nitrogen and oxygen atoms in total. The van der Waals surface area contributed by atoms with E-state index in [1.165, 1.54) is 11.1 Å². The number of hydrogen-bond acceptors (Lipinski definition) is 3. The van der Waals surface area contributed by atoms with Gasteiger partial charge in [0, 0.05) is 11.8 Å². The maximum atomic E-state index is 7.51. The molecule has 0 amide bonds. The Kier molecular flexibility index (Phi) is 2.75. The number of aryl methyl sites for hydroxylation is 2. The Bertz CT molecular complexity index is 816.